The van der Waals surface area contributed by atoms with E-state index in [0.29, 0.717) is 11.9 Å². The van der Waals surface area contributed by atoms with E-state index in [1.54, 1.807) is 6.20 Å². The van der Waals surface area contributed by atoms with Crippen LogP contribution in [0.2, 0.25) is 0 Å². The van der Waals surface area contributed by atoms with Crippen molar-refractivity contribution in [1.82, 2.24) is 4.98 Å². The minimum Gasteiger partial charge on any atom is -0.388 e. The highest BCUT2D eigenvalue weighted by atomic mass is 16.5. The van der Waals surface area contributed by atoms with Crippen LogP contribution in [0.4, 0.5) is 5.82 Å². The molecule has 0 aromatic carbocycles. The molecular formula is C12H16N2O2. The number of ether oxygens (including phenoxy) is 1. The maximum atomic E-state index is 10.3. The van der Waals surface area contributed by atoms with Gasteiger partial charge in [-0.1, -0.05) is 6.07 Å². The summed E-state index contributed by atoms with van der Waals surface area (Å²) in [7, 11) is 0. The summed E-state index contributed by atoms with van der Waals surface area (Å²) in [5.74, 6) is 0.614. The number of aliphatic hydroxyl groups excluding tert-OH is 1. The van der Waals surface area contributed by atoms with Crippen LogP contribution in [0.15, 0.2) is 18.3 Å². The molecule has 0 saturated carbocycles. The molecule has 0 radical (unpaired) electrons. The summed E-state index contributed by atoms with van der Waals surface area (Å²) < 4.78 is 5.75. The highest BCUT2D eigenvalue weighted by Gasteiger charge is 2.44. The lowest BCUT2D eigenvalue weighted by molar-refractivity contribution is 0.0425. The summed E-state index contributed by atoms with van der Waals surface area (Å²) in [6, 6.07) is 3.65. The zero-order valence-electron chi connectivity index (χ0n) is 9.04. The number of aliphatic hydroxyl groups is 1. The average Bonchev–Trinajstić information content (AvgIpc) is 2.90. The van der Waals surface area contributed by atoms with Crippen molar-refractivity contribution in [2.45, 2.75) is 37.6 Å². The SMILES string of the molecule is Nc1ncccc1C(O)C1CC2CCC1O2. The van der Waals surface area contributed by atoms with E-state index in [1.807, 2.05) is 12.1 Å². The van der Waals surface area contributed by atoms with Crippen molar-refractivity contribution in [3.05, 3.63) is 23.9 Å². The number of pyridine rings is 1. The number of nitrogens with two attached hydrogens (primary N) is 1. The van der Waals surface area contributed by atoms with Crippen LogP contribution in [0.25, 0.3) is 0 Å². The Hall–Kier alpha value is -1.13. The Morgan fingerprint density at radius 1 is 1.50 bits per heavy atom. The van der Waals surface area contributed by atoms with E-state index in [9.17, 15) is 5.11 Å². The smallest absolute Gasteiger partial charge is 0.129 e. The molecule has 1 aromatic heterocycles. The zero-order chi connectivity index (χ0) is 11.1. The molecule has 4 nitrogen and oxygen atoms in total. The van der Waals surface area contributed by atoms with Crippen LogP contribution in [0.5, 0.6) is 0 Å². The molecule has 2 bridgehead atoms. The second-order valence-corrected chi connectivity index (χ2v) is 4.70. The maximum Gasteiger partial charge on any atom is 0.129 e. The van der Waals surface area contributed by atoms with Gasteiger partial charge in [-0.05, 0) is 25.3 Å². The summed E-state index contributed by atoms with van der Waals surface area (Å²) in [5, 5.41) is 10.3. The maximum absolute atomic E-state index is 10.3. The molecule has 1 aromatic rings. The fourth-order valence-corrected chi connectivity index (χ4v) is 2.92. The third kappa shape index (κ3) is 1.49. The first-order chi connectivity index (χ1) is 7.75. The monoisotopic (exact) mass is 220 g/mol. The van der Waals surface area contributed by atoms with Gasteiger partial charge in [0.15, 0.2) is 0 Å². The Balaban J connectivity index is 1.83. The number of hydrogen-bond donors (Lipinski definition) is 2. The van der Waals surface area contributed by atoms with Crippen molar-refractivity contribution in [2.75, 3.05) is 5.73 Å². The van der Waals surface area contributed by atoms with Crippen LogP contribution >= 0.6 is 0 Å². The van der Waals surface area contributed by atoms with E-state index in [0.717, 1.165) is 24.8 Å². The van der Waals surface area contributed by atoms with Crippen molar-refractivity contribution in [3.8, 4) is 0 Å². The largest absolute Gasteiger partial charge is 0.388 e. The number of nitrogen functional groups attached to an aromatic ring is 1. The number of hydrogen-bond acceptors (Lipinski definition) is 4. The number of fused-ring (bicyclic) bond motifs is 2. The normalized spacial score (nSPS) is 34.2. The molecule has 4 atom stereocenters. The minimum absolute atomic E-state index is 0.185. The molecule has 2 fully saturated rings. The van der Waals surface area contributed by atoms with Crippen molar-refractivity contribution >= 4 is 5.82 Å². The Morgan fingerprint density at radius 2 is 2.38 bits per heavy atom. The first-order valence-electron chi connectivity index (χ1n) is 5.79. The lowest BCUT2D eigenvalue weighted by Gasteiger charge is -2.24. The quantitative estimate of drug-likeness (QED) is 0.787. The zero-order valence-corrected chi connectivity index (χ0v) is 9.04. The highest BCUT2D eigenvalue weighted by molar-refractivity contribution is 5.40. The topological polar surface area (TPSA) is 68.4 Å². The second kappa shape index (κ2) is 3.71. The minimum atomic E-state index is -0.538. The van der Waals surface area contributed by atoms with Gasteiger partial charge >= 0.3 is 0 Å². The van der Waals surface area contributed by atoms with Gasteiger partial charge < -0.3 is 15.6 Å². The number of rotatable bonds is 2. The van der Waals surface area contributed by atoms with E-state index in [-0.39, 0.29) is 12.0 Å². The fourth-order valence-electron chi connectivity index (χ4n) is 2.92. The molecule has 2 aliphatic rings. The fraction of sp³-hybridized carbons (Fsp3) is 0.583. The Morgan fingerprint density at radius 3 is 3.00 bits per heavy atom. The molecule has 4 heteroatoms. The van der Waals surface area contributed by atoms with Crippen LogP contribution < -0.4 is 5.73 Å². The van der Waals surface area contributed by atoms with E-state index in [1.165, 1.54) is 0 Å². The molecule has 2 aliphatic heterocycles. The molecule has 16 heavy (non-hydrogen) atoms. The van der Waals surface area contributed by atoms with Crippen LogP contribution in [0.1, 0.15) is 30.9 Å². The lowest BCUT2D eigenvalue weighted by Crippen LogP contribution is -2.24. The van der Waals surface area contributed by atoms with E-state index < -0.39 is 6.10 Å². The summed E-state index contributed by atoms with van der Waals surface area (Å²) in [5.41, 5.74) is 6.51. The molecule has 3 heterocycles. The first-order valence-corrected chi connectivity index (χ1v) is 5.79. The Bertz CT molecular complexity index is 396. The first kappa shape index (κ1) is 10.1. The molecule has 3 N–H and O–H groups in total. The van der Waals surface area contributed by atoms with Crippen molar-refractivity contribution in [3.63, 3.8) is 0 Å². The van der Waals surface area contributed by atoms with Crippen LogP contribution in [0, 0.1) is 5.92 Å². The molecule has 0 spiro atoms. The number of nitrogens with zero attached hydrogens (tertiary/aromatic N) is 1. The van der Waals surface area contributed by atoms with E-state index in [4.69, 9.17) is 10.5 Å². The van der Waals surface area contributed by atoms with Gasteiger partial charge in [0.25, 0.3) is 0 Å². The van der Waals surface area contributed by atoms with Gasteiger partial charge in [-0.25, -0.2) is 4.98 Å². The van der Waals surface area contributed by atoms with E-state index in [2.05, 4.69) is 4.98 Å². The highest BCUT2D eigenvalue weighted by Crippen LogP contribution is 2.45. The van der Waals surface area contributed by atoms with Gasteiger partial charge in [-0.2, -0.15) is 0 Å². The van der Waals surface area contributed by atoms with Crippen LogP contribution in [-0.4, -0.2) is 22.3 Å². The molecule has 86 valence electrons. The van der Waals surface area contributed by atoms with Gasteiger partial charge in [-0.3, -0.25) is 0 Å². The number of anilines is 1. The van der Waals surface area contributed by atoms with Gasteiger partial charge in [0.2, 0.25) is 0 Å². The number of aromatic nitrogens is 1. The molecular weight excluding hydrogens is 204 g/mol. The summed E-state index contributed by atoms with van der Waals surface area (Å²) >= 11 is 0. The van der Waals surface area contributed by atoms with Gasteiger partial charge in [0.1, 0.15) is 5.82 Å². The third-order valence-electron chi connectivity index (χ3n) is 3.75. The molecule has 3 rings (SSSR count). The van der Waals surface area contributed by atoms with Crippen molar-refractivity contribution in [1.29, 1.82) is 0 Å². The van der Waals surface area contributed by atoms with Crippen LogP contribution in [-0.2, 0) is 4.74 Å². The summed E-state index contributed by atoms with van der Waals surface area (Å²) in [4.78, 5) is 4.01. The van der Waals surface area contributed by atoms with Crippen LogP contribution in [0.3, 0.4) is 0 Å². The molecule has 0 aliphatic carbocycles. The van der Waals surface area contributed by atoms with Gasteiger partial charge in [0.05, 0.1) is 18.3 Å². The molecule has 4 unspecified atom stereocenters. The van der Waals surface area contributed by atoms with E-state index >= 15 is 0 Å². The Labute approximate surface area is 94.4 Å². The second-order valence-electron chi connectivity index (χ2n) is 4.70. The third-order valence-corrected chi connectivity index (χ3v) is 3.75. The van der Waals surface area contributed by atoms with Crippen molar-refractivity contribution < 1.29 is 9.84 Å². The summed E-state index contributed by atoms with van der Waals surface area (Å²) in [6.07, 6.45) is 4.80. The predicted molar refractivity (Wildman–Crippen MR) is 59.6 cm³/mol. The van der Waals surface area contributed by atoms with Gasteiger partial charge in [0, 0.05) is 17.7 Å². The van der Waals surface area contributed by atoms with Gasteiger partial charge in [-0.15, -0.1) is 0 Å². The Kier molecular flexibility index (Phi) is 2.33. The molecule has 0 amide bonds. The standard InChI is InChI=1S/C12H16N2O2/c13-12-8(2-1-5-14-12)11(15)9-6-7-3-4-10(9)16-7/h1-2,5,7,9-11,15H,3-4,6H2,(H2,13,14). The summed E-state index contributed by atoms with van der Waals surface area (Å²) in [6.45, 7) is 0. The molecule has 2 saturated heterocycles. The average molecular weight is 220 g/mol. The predicted octanol–water partition coefficient (Wildman–Crippen LogP) is 1.26. The van der Waals surface area contributed by atoms with Crippen molar-refractivity contribution in [2.24, 2.45) is 5.92 Å². The lowest BCUT2D eigenvalue weighted by atomic mass is 9.83.